The van der Waals surface area contributed by atoms with Crippen molar-refractivity contribution < 1.29 is 0 Å². The molecule has 0 nitrogen and oxygen atoms in total. The van der Waals surface area contributed by atoms with Crippen LogP contribution in [0.2, 0.25) is 0 Å². The standard InChI is InChI=1S/C13H14S/c1-9-10(2)13(14-11(9)3)12-7-5-4-6-8-12/h4-8H,1-3H3. The Kier molecular flexibility index (Phi) is 2.42. The van der Waals surface area contributed by atoms with Gasteiger partial charge in [-0.3, -0.25) is 0 Å². The molecule has 0 N–H and O–H groups in total. The van der Waals surface area contributed by atoms with Crippen LogP contribution in [0.5, 0.6) is 0 Å². The van der Waals surface area contributed by atoms with Gasteiger partial charge < -0.3 is 0 Å². The van der Waals surface area contributed by atoms with Crippen molar-refractivity contribution in [1.29, 1.82) is 0 Å². The quantitative estimate of drug-likeness (QED) is 0.645. The van der Waals surface area contributed by atoms with Gasteiger partial charge in [0.05, 0.1) is 0 Å². The van der Waals surface area contributed by atoms with Gasteiger partial charge in [-0.25, -0.2) is 0 Å². The van der Waals surface area contributed by atoms with Crippen LogP contribution in [0.25, 0.3) is 10.4 Å². The highest BCUT2D eigenvalue weighted by atomic mass is 32.1. The Morgan fingerprint density at radius 1 is 0.857 bits per heavy atom. The molecule has 1 aromatic carbocycles. The second kappa shape index (κ2) is 3.58. The summed E-state index contributed by atoms with van der Waals surface area (Å²) < 4.78 is 0. The van der Waals surface area contributed by atoms with Crippen molar-refractivity contribution in [2.24, 2.45) is 0 Å². The minimum atomic E-state index is 1.34. The van der Waals surface area contributed by atoms with E-state index in [2.05, 4.69) is 51.1 Å². The molecule has 0 aliphatic rings. The van der Waals surface area contributed by atoms with Crippen LogP contribution in [0.1, 0.15) is 16.0 Å². The van der Waals surface area contributed by atoms with Crippen molar-refractivity contribution in [2.45, 2.75) is 20.8 Å². The van der Waals surface area contributed by atoms with E-state index < -0.39 is 0 Å². The lowest BCUT2D eigenvalue weighted by atomic mass is 10.1. The van der Waals surface area contributed by atoms with E-state index in [1.165, 1.54) is 26.4 Å². The van der Waals surface area contributed by atoms with E-state index in [1.54, 1.807) is 0 Å². The minimum Gasteiger partial charge on any atom is -0.140 e. The summed E-state index contributed by atoms with van der Waals surface area (Å²) in [7, 11) is 0. The predicted molar refractivity (Wildman–Crippen MR) is 64.0 cm³/mol. The summed E-state index contributed by atoms with van der Waals surface area (Å²) in [6, 6.07) is 10.6. The number of hydrogen-bond donors (Lipinski definition) is 0. The molecule has 0 amide bonds. The van der Waals surface area contributed by atoms with Crippen LogP contribution >= 0.6 is 11.3 Å². The fourth-order valence-electron chi connectivity index (χ4n) is 1.61. The molecule has 0 spiro atoms. The van der Waals surface area contributed by atoms with Crippen molar-refractivity contribution in [3.63, 3.8) is 0 Å². The van der Waals surface area contributed by atoms with Gasteiger partial charge in [-0.15, -0.1) is 11.3 Å². The summed E-state index contributed by atoms with van der Waals surface area (Å²) in [4.78, 5) is 2.85. The predicted octanol–water partition coefficient (Wildman–Crippen LogP) is 4.34. The van der Waals surface area contributed by atoms with Gasteiger partial charge in [0.25, 0.3) is 0 Å². The summed E-state index contributed by atoms with van der Waals surface area (Å²) in [5, 5.41) is 0. The first-order valence-corrected chi connectivity index (χ1v) is 5.64. The molecule has 14 heavy (non-hydrogen) atoms. The summed E-state index contributed by atoms with van der Waals surface area (Å²) in [6.07, 6.45) is 0. The van der Waals surface area contributed by atoms with Gasteiger partial charge in [0, 0.05) is 9.75 Å². The molecule has 0 saturated heterocycles. The summed E-state index contributed by atoms with van der Waals surface area (Å²) >= 11 is 1.89. The SMILES string of the molecule is Cc1sc(-c2ccccc2)c(C)c1C. The highest BCUT2D eigenvalue weighted by Gasteiger charge is 2.09. The van der Waals surface area contributed by atoms with Gasteiger partial charge >= 0.3 is 0 Å². The highest BCUT2D eigenvalue weighted by Crippen LogP contribution is 2.34. The van der Waals surface area contributed by atoms with Crippen LogP contribution in [0.3, 0.4) is 0 Å². The molecule has 1 heteroatoms. The van der Waals surface area contributed by atoms with Gasteiger partial charge in [0.15, 0.2) is 0 Å². The first-order chi connectivity index (χ1) is 6.70. The molecule has 0 bridgehead atoms. The van der Waals surface area contributed by atoms with E-state index in [-0.39, 0.29) is 0 Å². The van der Waals surface area contributed by atoms with Crippen LogP contribution in [-0.4, -0.2) is 0 Å². The fourth-order valence-corrected chi connectivity index (χ4v) is 2.78. The van der Waals surface area contributed by atoms with Crippen LogP contribution < -0.4 is 0 Å². The zero-order valence-corrected chi connectivity index (χ0v) is 9.61. The Bertz CT molecular complexity index is 438. The topological polar surface area (TPSA) is 0 Å². The average molecular weight is 202 g/mol. The summed E-state index contributed by atoms with van der Waals surface area (Å²) in [5.41, 5.74) is 4.21. The van der Waals surface area contributed by atoms with Crippen molar-refractivity contribution in [3.8, 4) is 10.4 Å². The van der Waals surface area contributed by atoms with Gasteiger partial charge in [-0.2, -0.15) is 0 Å². The number of benzene rings is 1. The molecule has 0 aliphatic heterocycles. The van der Waals surface area contributed by atoms with Crippen LogP contribution in [0.15, 0.2) is 30.3 Å². The molecule has 0 radical (unpaired) electrons. The molecule has 2 rings (SSSR count). The Balaban J connectivity index is 2.58. The monoisotopic (exact) mass is 202 g/mol. The van der Waals surface area contributed by atoms with Crippen molar-refractivity contribution in [3.05, 3.63) is 46.3 Å². The Morgan fingerprint density at radius 3 is 2.00 bits per heavy atom. The molecule has 0 unspecified atom stereocenters. The van der Waals surface area contributed by atoms with E-state index in [9.17, 15) is 0 Å². The molecule has 2 aromatic rings. The number of aryl methyl sites for hydroxylation is 1. The van der Waals surface area contributed by atoms with E-state index >= 15 is 0 Å². The maximum atomic E-state index is 2.21. The van der Waals surface area contributed by atoms with E-state index in [0.29, 0.717) is 0 Å². The number of rotatable bonds is 1. The molecule has 1 heterocycles. The van der Waals surface area contributed by atoms with Crippen LogP contribution in [0.4, 0.5) is 0 Å². The molecule has 72 valence electrons. The summed E-state index contributed by atoms with van der Waals surface area (Å²) in [5.74, 6) is 0. The molecular weight excluding hydrogens is 188 g/mol. The fraction of sp³-hybridized carbons (Fsp3) is 0.231. The smallest absolute Gasteiger partial charge is 0.0377 e. The van der Waals surface area contributed by atoms with Gasteiger partial charge in [0.1, 0.15) is 0 Å². The maximum absolute atomic E-state index is 2.21. The third kappa shape index (κ3) is 1.48. The largest absolute Gasteiger partial charge is 0.140 e. The Hall–Kier alpha value is -1.08. The second-order valence-electron chi connectivity index (χ2n) is 3.60. The first kappa shape index (κ1) is 9.47. The van der Waals surface area contributed by atoms with Crippen LogP contribution in [0, 0.1) is 20.8 Å². The third-order valence-electron chi connectivity index (χ3n) is 2.72. The second-order valence-corrected chi connectivity index (χ2v) is 4.83. The highest BCUT2D eigenvalue weighted by molar-refractivity contribution is 7.15. The van der Waals surface area contributed by atoms with Crippen LogP contribution in [-0.2, 0) is 0 Å². The Morgan fingerprint density at radius 2 is 1.50 bits per heavy atom. The van der Waals surface area contributed by atoms with Crippen molar-refractivity contribution in [1.82, 2.24) is 0 Å². The summed E-state index contributed by atoms with van der Waals surface area (Å²) in [6.45, 7) is 6.61. The molecule has 0 saturated carbocycles. The lowest BCUT2D eigenvalue weighted by Crippen LogP contribution is -1.77. The van der Waals surface area contributed by atoms with E-state index in [0.717, 1.165) is 0 Å². The van der Waals surface area contributed by atoms with Crippen molar-refractivity contribution >= 4 is 11.3 Å². The molecule has 0 aliphatic carbocycles. The molecule has 1 aromatic heterocycles. The third-order valence-corrected chi connectivity index (χ3v) is 4.08. The molecule has 0 fully saturated rings. The molecular formula is C13H14S. The minimum absolute atomic E-state index is 1.34. The maximum Gasteiger partial charge on any atom is 0.0377 e. The van der Waals surface area contributed by atoms with E-state index in [1.807, 2.05) is 11.3 Å². The van der Waals surface area contributed by atoms with Gasteiger partial charge in [-0.1, -0.05) is 30.3 Å². The number of hydrogen-bond acceptors (Lipinski definition) is 1. The molecule has 0 atom stereocenters. The van der Waals surface area contributed by atoms with Gasteiger partial charge in [0.2, 0.25) is 0 Å². The lowest BCUT2D eigenvalue weighted by Gasteiger charge is -1.98. The average Bonchev–Trinajstić information content (AvgIpc) is 2.47. The zero-order valence-electron chi connectivity index (χ0n) is 8.79. The first-order valence-electron chi connectivity index (χ1n) is 4.82. The van der Waals surface area contributed by atoms with E-state index in [4.69, 9.17) is 0 Å². The lowest BCUT2D eigenvalue weighted by molar-refractivity contribution is 1.35. The number of thiophene rings is 1. The van der Waals surface area contributed by atoms with Gasteiger partial charge in [-0.05, 0) is 37.5 Å². The zero-order chi connectivity index (χ0) is 10.1. The Labute approximate surface area is 89.2 Å². The van der Waals surface area contributed by atoms with Crippen molar-refractivity contribution in [2.75, 3.05) is 0 Å². The normalized spacial score (nSPS) is 10.5.